The van der Waals surface area contributed by atoms with Gasteiger partial charge in [0.1, 0.15) is 6.33 Å². The Kier molecular flexibility index (Phi) is 2.96. The first-order valence-corrected chi connectivity index (χ1v) is 5.32. The lowest BCUT2D eigenvalue weighted by atomic mass is 10.1. The van der Waals surface area contributed by atoms with E-state index in [1.165, 1.54) is 18.7 Å². The second kappa shape index (κ2) is 4.40. The van der Waals surface area contributed by atoms with Crippen LogP contribution in [0.15, 0.2) is 41.4 Å². The topological polar surface area (TPSA) is 68.9 Å². The molecular weight excluding hydrogens is 270 g/mol. The third kappa shape index (κ3) is 2.25. The number of hydrogen-bond acceptors (Lipinski definition) is 4. The van der Waals surface area contributed by atoms with Crippen molar-refractivity contribution >= 4 is 27.4 Å². The van der Waals surface area contributed by atoms with Gasteiger partial charge in [-0.3, -0.25) is 4.79 Å². The van der Waals surface area contributed by atoms with Crippen LogP contribution < -0.4 is 5.73 Å². The molecule has 0 amide bonds. The molecule has 0 saturated carbocycles. The van der Waals surface area contributed by atoms with Crippen LogP contribution in [0.2, 0.25) is 0 Å². The van der Waals surface area contributed by atoms with Crippen molar-refractivity contribution in [3.63, 3.8) is 0 Å². The van der Waals surface area contributed by atoms with Gasteiger partial charge in [-0.25, -0.2) is 9.97 Å². The third-order valence-corrected chi connectivity index (χ3v) is 2.46. The number of nitrogens with zero attached hydrogens (tertiary/aromatic N) is 2. The SMILES string of the molecule is Nc1cc(Br)cc(C(=O)c2cncnc2)c1. The molecule has 4 nitrogen and oxygen atoms in total. The van der Waals surface area contributed by atoms with Gasteiger partial charge in [0, 0.05) is 28.1 Å². The second-order valence-electron chi connectivity index (χ2n) is 3.23. The number of nitrogen functional groups attached to an aromatic ring is 1. The molecule has 0 spiro atoms. The lowest BCUT2D eigenvalue weighted by Crippen LogP contribution is -2.03. The van der Waals surface area contributed by atoms with Crippen LogP contribution in [0.3, 0.4) is 0 Å². The van der Waals surface area contributed by atoms with Crippen LogP contribution in [0.1, 0.15) is 15.9 Å². The van der Waals surface area contributed by atoms with Crippen LogP contribution >= 0.6 is 15.9 Å². The minimum Gasteiger partial charge on any atom is -0.399 e. The first-order chi connectivity index (χ1) is 7.66. The van der Waals surface area contributed by atoms with E-state index in [1.54, 1.807) is 18.2 Å². The quantitative estimate of drug-likeness (QED) is 0.674. The molecule has 0 radical (unpaired) electrons. The minimum atomic E-state index is -0.145. The van der Waals surface area contributed by atoms with Gasteiger partial charge < -0.3 is 5.73 Å². The molecule has 0 aliphatic carbocycles. The Morgan fingerprint density at radius 1 is 1.12 bits per heavy atom. The minimum absolute atomic E-state index is 0.145. The summed E-state index contributed by atoms with van der Waals surface area (Å²) in [5, 5.41) is 0. The van der Waals surface area contributed by atoms with E-state index >= 15 is 0 Å². The fourth-order valence-electron chi connectivity index (χ4n) is 1.33. The molecule has 1 aromatic carbocycles. The summed E-state index contributed by atoms with van der Waals surface area (Å²) in [6.07, 6.45) is 4.34. The highest BCUT2D eigenvalue weighted by Gasteiger charge is 2.10. The summed E-state index contributed by atoms with van der Waals surface area (Å²) in [5.41, 5.74) is 7.16. The largest absolute Gasteiger partial charge is 0.399 e. The molecule has 0 saturated heterocycles. The lowest BCUT2D eigenvalue weighted by molar-refractivity contribution is 0.103. The molecule has 1 aromatic heterocycles. The molecule has 0 unspecified atom stereocenters. The van der Waals surface area contributed by atoms with E-state index in [-0.39, 0.29) is 5.78 Å². The number of ketones is 1. The molecule has 0 atom stereocenters. The Hall–Kier alpha value is -1.75. The number of hydrogen-bond donors (Lipinski definition) is 1. The number of carbonyl (C=O) groups is 1. The third-order valence-electron chi connectivity index (χ3n) is 2.01. The maximum atomic E-state index is 12.0. The molecule has 1 heterocycles. The van der Waals surface area contributed by atoms with E-state index in [2.05, 4.69) is 25.9 Å². The van der Waals surface area contributed by atoms with E-state index in [9.17, 15) is 4.79 Å². The van der Waals surface area contributed by atoms with Crippen LogP contribution in [0.5, 0.6) is 0 Å². The van der Waals surface area contributed by atoms with Gasteiger partial charge in [0.2, 0.25) is 0 Å². The molecule has 0 aliphatic rings. The van der Waals surface area contributed by atoms with Crippen LogP contribution in [-0.2, 0) is 0 Å². The van der Waals surface area contributed by atoms with Gasteiger partial charge in [-0.2, -0.15) is 0 Å². The van der Waals surface area contributed by atoms with Crippen LogP contribution in [0.25, 0.3) is 0 Å². The summed E-state index contributed by atoms with van der Waals surface area (Å²) in [6.45, 7) is 0. The van der Waals surface area contributed by atoms with Crippen molar-refractivity contribution in [2.45, 2.75) is 0 Å². The monoisotopic (exact) mass is 277 g/mol. The molecule has 0 bridgehead atoms. The number of aromatic nitrogens is 2. The molecule has 5 heteroatoms. The zero-order chi connectivity index (χ0) is 11.5. The summed E-state index contributed by atoms with van der Waals surface area (Å²) >= 11 is 3.29. The average molecular weight is 278 g/mol. The zero-order valence-electron chi connectivity index (χ0n) is 8.22. The van der Waals surface area contributed by atoms with E-state index in [1.807, 2.05) is 0 Å². The Labute approximate surface area is 101 Å². The average Bonchev–Trinajstić information content (AvgIpc) is 2.28. The number of benzene rings is 1. The summed E-state index contributed by atoms with van der Waals surface area (Å²) in [6, 6.07) is 5.07. The normalized spacial score (nSPS) is 10.1. The highest BCUT2D eigenvalue weighted by atomic mass is 79.9. The number of anilines is 1. The highest BCUT2D eigenvalue weighted by Crippen LogP contribution is 2.19. The van der Waals surface area contributed by atoms with E-state index in [4.69, 9.17) is 5.73 Å². The summed E-state index contributed by atoms with van der Waals surface area (Å²) in [4.78, 5) is 19.6. The summed E-state index contributed by atoms with van der Waals surface area (Å²) in [5.74, 6) is -0.145. The van der Waals surface area contributed by atoms with Crippen molar-refractivity contribution in [2.75, 3.05) is 5.73 Å². The van der Waals surface area contributed by atoms with Crippen LogP contribution in [0, 0.1) is 0 Å². The molecule has 2 aromatic rings. The number of nitrogens with two attached hydrogens (primary N) is 1. The number of halogens is 1. The fourth-order valence-corrected chi connectivity index (χ4v) is 1.84. The van der Waals surface area contributed by atoms with E-state index in [0.717, 1.165) is 4.47 Å². The lowest BCUT2D eigenvalue weighted by Gasteiger charge is -2.02. The Morgan fingerprint density at radius 3 is 2.44 bits per heavy atom. The predicted molar refractivity (Wildman–Crippen MR) is 64.0 cm³/mol. The molecule has 80 valence electrons. The van der Waals surface area contributed by atoms with Crippen molar-refractivity contribution < 1.29 is 4.79 Å². The molecule has 2 N–H and O–H groups in total. The van der Waals surface area contributed by atoms with Crippen molar-refractivity contribution in [1.82, 2.24) is 9.97 Å². The second-order valence-corrected chi connectivity index (χ2v) is 4.15. The predicted octanol–water partition coefficient (Wildman–Crippen LogP) is 2.05. The van der Waals surface area contributed by atoms with Crippen molar-refractivity contribution in [2.24, 2.45) is 0 Å². The van der Waals surface area contributed by atoms with Crippen LogP contribution in [0.4, 0.5) is 5.69 Å². The standard InChI is InChI=1S/C11H8BrN3O/c12-9-1-7(2-10(13)3-9)11(16)8-4-14-6-15-5-8/h1-6H,13H2. The Bertz CT molecular complexity index is 508. The van der Waals surface area contributed by atoms with Gasteiger partial charge in [0.05, 0.1) is 5.56 Å². The van der Waals surface area contributed by atoms with Gasteiger partial charge in [-0.1, -0.05) is 15.9 Å². The van der Waals surface area contributed by atoms with Crippen molar-refractivity contribution in [3.05, 3.63) is 52.5 Å². The Balaban J connectivity index is 2.42. The molecule has 0 aliphatic heterocycles. The maximum absolute atomic E-state index is 12.0. The van der Waals surface area contributed by atoms with Crippen molar-refractivity contribution in [3.8, 4) is 0 Å². The Morgan fingerprint density at radius 2 is 1.81 bits per heavy atom. The number of rotatable bonds is 2. The first kappa shape index (κ1) is 10.8. The van der Waals surface area contributed by atoms with Gasteiger partial charge >= 0.3 is 0 Å². The zero-order valence-corrected chi connectivity index (χ0v) is 9.81. The van der Waals surface area contributed by atoms with Gasteiger partial charge in [-0.05, 0) is 18.2 Å². The van der Waals surface area contributed by atoms with E-state index in [0.29, 0.717) is 16.8 Å². The first-order valence-electron chi connectivity index (χ1n) is 4.52. The maximum Gasteiger partial charge on any atom is 0.196 e. The number of carbonyl (C=O) groups excluding carboxylic acids is 1. The molecule has 16 heavy (non-hydrogen) atoms. The van der Waals surface area contributed by atoms with Gasteiger partial charge in [0.25, 0.3) is 0 Å². The van der Waals surface area contributed by atoms with Gasteiger partial charge in [-0.15, -0.1) is 0 Å². The fraction of sp³-hybridized carbons (Fsp3) is 0. The summed E-state index contributed by atoms with van der Waals surface area (Å²) in [7, 11) is 0. The molecular formula is C11H8BrN3O. The molecule has 2 rings (SSSR count). The smallest absolute Gasteiger partial charge is 0.196 e. The van der Waals surface area contributed by atoms with Crippen molar-refractivity contribution in [1.29, 1.82) is 0 Å². The highest BCUT2D eigenvalue weighted by molar-refractivity contribution is 9.10. The molecule has 0 fully saturated rings. The van der Waals surface area contributed by atoms with E-state index < -0.39 is 0 Å². The van der Waals surface area contributed by atoms with Gasteiger partial charge in [0.15, 0.2) is 5.78 Å². The van der Waals surface area contributed by atoms with Crippen LogP contribution in [-0.4, -0.2) is 15.8 Å². The summed E-state index contributed by atoms with van der Waals surface area (Å²) < 4.78 is 0.771.